The SMILES string of the molecule is C[C@H](OC(=O)[C@H]1COc2ccccc2O1)C(=O)N(Cc1ccccc1)C(C)(C)C. The van der Waals surface area contributed by atoms with Gasteiger partial charge in [-0.15, -0.1) is 0 Å². The lowest BCUT2D eigenvalue weighted by Gasteiger charge is -2.37. The summed E-state index contributed by atoms with van der Waals surface area (Å²) < 4.78 is 16.7. The fraction of sp³-hybridized carbons (Fsp3) is 0.391. The first-order chi connectivity index (χ1) is 13.8. The number of ether oxygens (including phenoxy) is 3. The molecule has 0 radical (unpaired) electrons. The summed E-state index contributed by atoms with van der Waals surface area (Å²) in [6.07, 6.45) is -1.84. The Balaban J connectivity index is 1.65. The highest BCUT2D eigenvalue weighted by Gasteiger charge is 2.35. The van der Waals surface area contributed by atoms with Gasteiger partial charge in [0, 0.05) is 12.1 Å². The molecule has 2 aromatic carbocycles. The Hall–Kier alpha value is -3.02. The van der Waals surface area contributed by atoms with Gasteiger partial charge in [-0.2, -0.15) is 0 Å². The summed E-state index contributed by atoms with van der Waals surface area (Å²) in [5.74, 6) is 0.197. The van der Waals surface area contributed by atoms with Gasteiger partial charge < -0.3 is 19.1 Å². The number of para-hydroxylation sites is 2. The van der Waals surface area contributed by atoms with Gasteiger partial charge in [-0.3, -0.25) is 4.79 Å². The van der Waals surface area contributed by atoms with Gasteiger partial charge in [-0.25, -0.2) is 4.79 Å². The number of rotatable bonds is 5. The maximum absolute atomic E-state index is 13.1. The zero-order chi connectivity index (χ0) is 21.0. The molecule has 0 spiro atoms. The first-order valence-corrected chi connectivity index (χ1v) is 9.70. The number of benzene rings is 2. The largest absolute Gasteiger partial charge is 0.485 e. The molecular formula is C23H27NO5. The lowest BCUT2D eigenvalue weighted by Crippen LogP contribution is -2.50. The Labute approximate surface area is 171 Å². The third kappa shape index (κ3) is 5.08. The fourth-order valence-corrected chi connectivity index (χ4v) is 3.07. The molecule has 1 aliphatic heterocycles. The number of esters is 1. The summed E-state index contributed by atoms with van der Waals surface area (Å²) in [4.78, 5) is 27.4. The number of hydrogen-bond acceptors (Lipinski definition) is 5. The van der Waals surface area contributed by atoms with Crippen molar-refractivity contribution in [3.8, 4) is 11.5 Å². The standard InChI is InChI=1S/C23H27NO5/c1-16(21(25)24(23(2,3)4)14-17-10-6-5-7-11-17)28-22(26)20-15-27-18-12-8-9-13-19(18)29-20/h5-13,16,20H,14-15H2,1-4H3/t16-,20+/m0/s1. The maximum Gasteiger partial charge on any atom is 0.351 e. The predicted octanol–water partition coefficient (Wildman–Crippen LogP) is 3.59. The van der Waals surface area contributed by atoms with E-state index in [4.69, 9.17) is 14.2 Å². The quantitative estimate of drug-likeness (QED) is 0.722. The van der Waals surface area contributed by atoms with E-state index in [0.29, 0.717) is 18.0 Å². The molecule has 0 aromatic heterocycles. The van der Waals surface area contributed by atoms with Gasteiger partial charge >= 0.3 is 5.97 Å². The van der Waals surface area contributed by atoms with Gasteiger partial charge in [-0.05, 0) is 45.4 Å². The van der Waals surface area contributed by atoms with Crippen molar-refractivity contribution in [2.24, 2.45) is 0 Å². The summed E-state index contributed by atoms with van der Waals surface area (Å²) in [5, 5.41) is 0. The van der Waals surface area contributed by atoms with Crippen molar-refractivity contribution in [2.75, 3.05) is 6.61 Å². The van der Waals surface area contributed by atoms with Gasteiger partial charge in [0.25, 0.3) is 5.91 Å². The van der Waals surface area contributed by atoms with Crippen LogP contribution < -0.4 is 9.47 Å². The minimum Gasteiger partial charge on any atom is -0.485 e. The number of carbonyl (C=O) groups is 2. The molecule has 0 fully saturated rings. The Morgan fingerprint density at radius 2 is 1.69 bits per heavy atom. The molecule has 1 aliphatic rings. The van der Waals surface area contributed by atoms with Crippen LogP contribution in [0.5, 0.6) is 11.5 Å². The van der Waals surface area contributed by atoms with Crippen molar-refractivity contribution in [1.82, 2.24) is 4.90 Å². The molecule has 1 heterocycles. The number of hydrogen-bond donors (Lipinski definition) is 0. The zero-order valence-electron chi connectivity index (χ0n) is 17.3. The highest BCUT2D eigenvalue weighted by molar-refractivity contribution is 5.85. The van der Waals surface area contributed by atoms with E-state index in [9.17, 15) is 9.59 Å². The average Bonchev–Trinajstić information content (AvgIpc) is 2.71. The molecule has 2 aromatic rings. The van der Waals surface area contributed by atoms with Crippen molar-refractivity contribution in [3.05, 3.63) is 60.2 Å². The van der Waals surface area contributed by atoms with Crippen LogP contribution in [-0.2, 0) is 20.9 Å². The third-order valence-corrected chi connectivity index (χ3v) is 4.67. The van der Waals surface area contributed by atoms with Gasteiger partial charge in [0.15, 0.2) is 17.6 Å². The van der Waals surface area contributed by atoms with Crippen LogP contribution in [0.3, 0.4) is 0 Å². The lowest BCUT2D eigenvalue weighted by atomic mass is 10.0. The van der Waals surface area contributed by atoms with Gasteiger partial charge in [-0.1, -0.05) is 42.5 Å². The molecule has 0 bridgehead atoms. The average molecular weight is 397 g/mol. The first kappa shape index (κ1) is 20.7. The predicted molar refractivity (Wildman–Crippen MR) is 109 cm³/mol. The lowest BCUT2D eigenvalue weighted by molar-refractivity contribution is -0.169. The van der Waals surface area contributed by atoms with Gasteiger partial charge in [0.2, 0.25) is 6.10 Å². The van der Waals surface area contributed by atoms with E-state index >= 15 is 0 Å². The maximum atomic E-state index is 13.1. The van der Waals surface area contributed by atoms with Crippen molar-refractivity contribution in [1.29, 1.82) is 0 Å². The summed E-state index contributed by atoms with van der Waals surface area (Å²) in [5.41, 5.74) is 0.576. The van der Waals surface area contributed by atoms with E-state index in [-0.39, 0.29) is 12.5 Å². The van der Waals surface area contributed by atoms with E-state index < -0.39 is 23.7 Å². The molecule has 0 saturated carbocycles. The molecule has 2 atom stereocenters. The Kier molecular flexibility index (Phi) is 6.11. The molecule has 154 valence electrons. The summed E-state index contributed by atoms with van der Waals surface area (Å²) in [7, 11) is 0. The second-order valence-electron chi connectivity index (χ2n) is 8.02. The van der Waals surface area contributed by atoms with Crippen LogP contribution in [0, 0.1) is 0 Å². The van der Waals surface area contributed by atoms with E-state index in [1.165, 1.54) is 0 Å². The van der Waals surface area contributed by atoms with E-state index in [0.717, 1.165) is 5.56 Å². The summed E-state index contributed by atoms with van der Waals surface area (Å²) >= 11 is 0. The smallest absolute Gasteiger partial charge is 0.351 e. The number of carbonyl (C=O) groups excluding carboxylic acids is 2. The fourth-order valence-electron chi connectivity index (χ4n) is 3.07. The van der Waals surface area contributed by atoms with Gasteiger partial charge in [0.05, 0.1) is 0 Å². The highest BCUT2D eigenvalue weighted by Crippen LogP contribution is 2.31. The normalized spacial score (nSPS) is 16.6. The van der Waals surface area contributed by atoms with Crippen LogP contribution in [0.15, 0.2) is 54.6 Å². The second kappa shape index (κ2) is 8.55. The van der Waals surface area contributed by atoms with Crippen molar-refractivity contribution < 1.29 is 23.8 Å². The Bertz CT molecular complexity index is 859. The van der Waals surface area contributed by atoms with Crippen molar-refractivity contribution >= 4 is 11.9 Å². The number of amides is 1. The van der Waals surface area contributed by atoms with Crippen LogP contribution in [0.2, 0.25) is 0 Å². The van der Waals surface area contributed by atoms with Crippen molar-refractivity contribution in [2.45, 2.75) is 52.0 Å². The van der Waals surface area contributed by atoms with Crippen LogP contribution >= 0.6 is 0 Å². The molecule has 0 unspecified atom stereocenters. The molecule has 29 heavy (non-hydrogen) atoms. The van der Waals surface area contributed by atoms with Crippen LogP contribution in [-0.4, -0.2) is 41.1 Å². The van der Waals surface area contributed by atoms with E-state index in [1.54, 1.807) is 30.0 Å². The molecule has 0 aliphatic carbocycles. The molecule has 3 rings (SSSR count). The summed E-state index contributed by atoms with van der Waals surface area (Å²) in [6, 6.07) is 16.9. The first-order valence-electron chi connectivity index (χ1n) is 9.70. The Morgan fingerprint density at radius 3 is 2.34 bits per heavy atom. The van der Waals surface area contributed by atoms with E-state index in [2.05, 4.69) is 0 Å². The van der Waals surface area contributed by atoms with E-state index in [1.807, 2.05) is 57.2 Å². The minimum atomic E-state index is -0.939. The molecule has 6 nitrogen and oxygen atoms in total. The third-order valence-electron chi connectivity index (χ3n) is 4.67. The minimum absolute atomic E-state index is 0.0454. The number of nitrogens with zero attached hydrogens (tertiary/aromatic N) is 1. The molecule has 0 N–H and O–H groups in total. The molecular weight excluding hydrogens is 370 g/mol. The molecule has 6 heteroatoms. The zero-order valence-corrected chi connectivity index (χ0v) is 17.3. The highest BCUT2D eigenvalue weighted by atomic mass is 16.6. The molecule has 0 saturated heterocycles. The monoisotopic (exact) mass is 397 g/mol. The van der Waals surface area contributed by atoms with Crippen LogP contribution in [0.4, 0.5) is 0 Å². The molecule has 1 amide bonds. The van der Waals surface area contributed by atoms with Crippen LogP contribution in [0.1, 0.15) is 33.3 Å². The van der Waals surface area contributed by atoms with Crippen LogP contribution in [0.25, 0.3) is 0 Å². The number of fused-ring (bicyclic) bond motifs is 1. The summed E-state index contributed by atoms with van der Waals surface area (Å²) in [6.45, 7) is 7.93. The second-order valence-corrected chi connectivity index (χ2v) is 8.02. The van der Waals surface area contributed by atoms with Crippen molar-refractivity contribution in [3.63, 3.8) is 0 Å². The Morgan fingerprint density at radius 1 is 1.07 bits per heavy atom. The van der Waals surface area contributed by atoms with Gasteiger partial charge in [0.1, 0.15) is 6.61 Å². The topological polar surface area (TPSA) is 65.1 Å².